The molecule has 0 atom stereocenters. The Morgan fingerprint density at radius 2 is 1.90 bits per heavy atom. The normalized spacial score (nSPS) is 12.1. The molecule has 6 nitrogen and oxygen atoms in total. The van der Waals surface area contributed by atoms with E-state index in [1.165, 1.54) is 0 Å². The molecule has 29 heavy (non-hydrogen) atoms. The lowest BCUT2D eigenvalue weighted by atomic mass is 10.0. The van der Waals surface area contributed by atoms with E-state index in [2.05, 4.69) is 10.3 Å². The Hall–Kier alpha value is -3.93. The molecule has 0 fully saturated rings. The van der Waals surface area contributed by atoms with E-state index >= 15 is 0 Å². The van der Waals surface area contributed by atoms with Gasteiger partial charge < -0.3 is 14.8 Å². The second kappa shape index (κ2) is 7.24. The first-order valence-corrected chi connectivity index (χ1v) is 9.25. The Bertz CT molecular complexity index is 1210. The first-order chi connectivity index (χ1) is 14.3. The molecule has 0 spiro atoms. The van der Waals surface area contributed by atoms with Gasteiger partial charge in [0.25, 0.3) is 5.91 Å². The van der Waals surface area contributed by atoms with Gasteiger partial charge in [0.05, 0.1) is 16.8 Å². The van der Waals surface area contributed by atoms with Crippen LogP contribution < -0.4 is 14.8 Å². The summed E-state index contributed by atoms with van der Waals surface area (Å²) in [4.78, 5) is 21.9. The van der Waals surface area contributed by atoms with Crippen molar-refractivity contribution in [2.75, 3.05) is 6.79 Å². The van der Waals surface area contributed by atoms with E-state index in [0.717, 1.165) is 27.8 Å². The summed E-state index contributed by atoms with van der Waals surface area (Å²) in [6.07, 6.45) is 3.45. The van der Waals surface area contributed by atoms with Gasteiger partial charge in [0, 0.05) is 29.9 Å². The van der Waals surface area contributed by atoms with Crippen molar-refractivity contribution in [3.8, 4) is 22.8 Å². The van der Waals surface area contributed by atoms with Crippen molar-refractivity contribution in [3.63, 3.8) is 0 Å². The Morgan fingerprint density at radius 1 is 1.00 bits per heavy atom. The van der Waals surface area contributed by atoms with Gasteiger partial charge in [-0.05, 0) is 42.0 Å². The van der Waals surface area contributed by atoms with Gasteiger partial charge in [-0.15, -0.1) is 0 Å². The Labute approximate surface area is 167 Å². The molecule has 0 unspecified atom stereocenters. The maximum atomic E-state index is 13.0. The van der Waals surface area contributed by atoms with Crippen molar-refractivity contribution in [2.45, 2.75) is 6.54 Å². The number of para-hydroxylation sites is 1. The zero-order chi connectivity index (χ0) is 19.6. The molecule has 3 heterocycles. The number of aromatic nitrogens is 2. The van der Waals surface area contributed by atoms with E-state index in [9.17, 15) is 4.79 Å². The molecule has 142 valence electrons. The van der Waals surface area contributed by atoms with Crippen molar-refractivity contribution < 1.29 is 14.3 Å². The molecule has 1 amide bonds. The lowest BCUT2D eigenvalue weighted by molar-refractivity contribution is 0.0952. The summed E-state index contributed by atoms with van der Waals surface area (Å²) in [6, 6.07) is 18.9. The highest BCUT2D eigenvalue weighted by Crippen LogP contribution is 2.32. The minimum absolute atomic E-state index is 0.161. The Morgan fingerprint density at radius 3 is 2.79 bits per heavy atom. The molecule has 1 aliphatic rings. The average Bonchev–Trinajstić information content (AvgIpc) is 3.25. The molecule has 0 aliphatic carbocycles. The van der Waals surface area contributed by atoms with Crippen LogP contribution >= 0.6 is 0 Å². The molecule has 2 aromatic carbocycles. The second-order valence-electron chi connectivity index (χ2n) is 6.68. The van der Waals surface area contributed by atoms with Crippen molar-refractivity contribution in [1.29, 1.82) is 0 Å². The summed E-state index contributed by atoms with van der Waals surface area (Å²) in [6.45, 7) is 0.611. The maximum Gasteiger partial charge on any atom is 0.252 e. The molecule has 4 aromatic rings. The van der Waals surface area contributed by atoms with Crippen LogP contribution in [-0.2, 0) is 6.54 Å². The van der Waals surface area contributed by atoms with Crippen LogP contribution in [0.2, 0.25) is 0 Å². The highest BCUT2D eigenvalue weighted by Gasteiger charge is 2.16. The quantitative estimate of drug-likeness (QED) is 0.578. The van der Waals surface area contributed by atoms with Gasteiger partial charge >= 0.3 is 0 Å². The van der Waals surface area contributed by atoms with Gasteiger partial charge in [0.1, 0.15) is 0 Å². The van der Waals surface area contributed by atoms with E-state index in [0.29, 0.717) is 23.6 Å². The highest BCUT2D eigenvalue weighted by atomic mass is 16.7. The summed E-state index contributed by atoms with van der Waals surface area (Å²) in [5.74, 6) is 1.26. The van der Waals surface area contributed by atoms with Crippen molar-refractivity contribution >= 4 is 16.8 Å². The smallest absolute Gasteiger partial charge is 0.252 e. The number of fused-ring (bicyclic) bond motifs is 2. The number of amides is 1. The minimum Gasteiger partial charge on any atom is -0.454 e. The third-order valence-corrected chi connectivity index (χ3v) is 4.81. The van der Waals surface area contributed by atoms with Crippen LogP contribution in [0.5, 0.6) is 11.5 Å². The van der Waals surface area contributed by atoms with Gasteiger partial charge in [-0.25, -0.2) is 4.98 Å². The average molecular weight is 383 g/mol. The van der Waals surface area contributed by atoms with E-state index in [4.69, 9.17) is 14.5 Å². The number of nitrogens with zero attached hydrogens (tertiary/aromatic N) is 2. The fourth-order valence-corrected chi connectivity index (χ4v) is 3.35. The Kier molecular flexibility index (Phi) is 4.29. The number of benzene rings is 2. The second-order valence-corrected chi connectivity index (χ2v) is 6.68. The molecule has 0 saturated carbocycles. The standard InChI is InChI=1S/C23H17N3O3/c27-23(25-12-15-7-8-21-22(10-15)29-14-28-21)18-11-20(16-4-3-9-24-13-16)26-19-6-2-1-5-17(18)19/h1-11,13H,12,14H2,(H,25,27). The molecule has 0 saturated heterocycles. The molecule has 5 rings (SSSR count). The highest BCUT2D eigenvalue weighted by molar-refractivity contribution is 6.07. The zero-order valence-electron chi connectivity index (χ0n) is 15.5. The predicted molar refractivity (Wildman–Crippen MR) is 109 cm³/mol. The van der Waals surface area contributed by atoms with Gasteiger partial charge in [-0.3, -0.25) is 9.78 Å². The summed E-state index contributed by atoms with van der Waals surface area (Å²) in [7, 11) is 0. The minimum atomic E-state index is -0.161. The molecular formula is C23H17N3O3. The lowest BCUT2D eigenvalue weighted by Gasteiger charge is -2.11. The third kappa shape index (κ3) is 3.36. The van der Waals surface area contributed by atoms with Crippen LogP contribution in [0.4, 0.5) is 0 Å². The molecule has 0 radical (unpaired) electrons. The van der Waals surface area contributed by atoms with Crippen molar-refractivity contribution in [3.05, 3.63) is 84.2 Å². The van der Waals surface area contributed by atoms with Crippen molar-refractivity contribution in [1.82, 2.24) is 15.3 Å². The number of nitrogens with one attached hydrogen (secondary N) is 1. The van der Waals surface area contributed by atoms with Crippen LogP contribution in [-0.4, -0.2) is 22.7 Å². The van der Waals surface area contributed by atoms with Crippen LogP contribution in [0.3, 0.4) is 0 Å². The van der Waals surface area contributed by atoms with Crippen LogP contribution in [0.1, 0.15) is 15.9 Å². The molecule has 1 N–H and O–H groups in total. The first-order valence-electron chi connectivity index (χ1n) is 9.25. The van der Waals surface area contributed by atoms with Crippen LogP contribution in [0.15, 0.2) is 73.1 Å². The summed E-state index contributed by atoms with van der Waals surface area (Å²) >= 11 is 0. The molecular weight excluding hydrogens is 366 g/mol. The summed E-state index contributed by atoms with van der Waals surface area (Å²) in [5.41, 5.74) is 3.86. The van der Waals surface area contributed by atoms with E-state index in [1.807, 2.05) is 60.7 Å². The number of pyridine rings is 2. The Balaban J connectivity index is 1.46. The van der Waals surface area contributed by atoms with Crippen LogP contribution in [0.25, 0.3) is 22.2 Å². The number of hydrogen-bond acceptors (Lipinski definition) is 5. The lowest BCUT2D eigenvalue weighted by Crippen LogP contribution is -2.23. The largest absolute Gasteiger partial charge is 0.454 e. The molecule has 1 aliphatic heterocycles. The van der Waals surface area contributed by atoms with Crippen LogP contribution in [0, 0.1) is 0 Å². The first kappa shape index (κ1) is 17.2. The number of ether oxygens (including phenoxy) is 2. The fraction of sp³-hybridized carbons (Fsp3) is 0.0870. The predicted octanol–water partition coefficient (Wildman–Crippen LogP) is 3.96. The van der Waals surface area contributed by atoms with Gasteiger partial charge in [-0.1, -0.05) is 24.3 Å². The van der Waals surface area contributed by atoms with E-state index in [1.54, 1.807) is 12.4 Å². The summed E-state index contributed by atoms with van der Waals surface area (Å²) in [5, 5.41) is 3.81. The summed E-state index contributed by atoms with van der Waals surface area (Å²) < 4.78 is 10.7. The van der Waals surface area contributed by atoms with E-state index in [-0.39, 0.29) is 12.7 Å². The topological polar surface area (TPSA) is 73.3 Å². The monoisotopic (exact) mass is 383 g/mol. The van der Waals surface area contributed by atoms with Gasteiger partial charge in [0.2, 0.25) is 6.79 Å². The third-order valence-electron chi connectivity index (χ3n) is 4.81. The fourth-order valence-electron chi connectivity index (χ4n) is 3.35. The SMILES string of the molecule is O=C(NCc1ccc2c(c1)OCO2)c1cc(-c2cccnc2)nc2ccccc12. The van der Waals surface area contributed by atoms with Crippen molar-refractivity contribution in [2.24, 2.45) is 0 Å². The molecule has 0 bridgehead atoms. The molecule has 6 heteroatoms. The van der Waals surface area contributed by atoms with E-state index < -0.39 is 0 Å². The van der Waals surface area contributed by atoms with Gasteiger partial charge in [0.15, 0.2) is 11.5 Å². The molecule has 2 aromatic heterocycles. The van der Waals surface area contributed by atoms with Gasteiger partial charge in [-0.2, -0.15) is 0 Å². The number of rotatable bonds is 4. The number of hydrogen-bond donors (Lipinski definition) is 1. The number of carbonyl (C=O) groups excluding carboxylic acids is 1. The maximum absolute atomic E-state index is 13.0. The zero-order valence-corrected chi connectivity index (χ0v) is 15.5. The number of carbonyl (C=O) groups is 1.